The van der Waals surface area contributed by atoms with Gasteiger partial charge in [-0.05, 0) is 19.3 Å². The van der Waals surface area contributed by atoms with Gasteiger partial charge in [-0.25, -0.2) is 0 Å². The largest absolute Gasteiger partial charge is 0.382 e. The van der Waals surface area contributed by atoms with Crippen LogP contribution in [0.3, 0.4) is 0 Å². The van der Waals surface area contributed by atoms with E-state index >= 15 is 0 Å². The molecule has 1 aromatic rings. The lowest BCUT2D eigenvalue weighted by molar-refractivity contribution is 0.452. The molecule has 0 aliphatic heterocycles. The van der Waals surface area contributed by atoms with Gasteiger partial charge >= 0.3 is 0 Å². The van der Waals surface area contributed by atoms with E-state index < -0.39 is 0 Å². The molecule has 1 aliphatic carbocycles. The summed E-state index contributed by atoms with van der Waals surface area (Å²) in [6.45, 7) is 2.15. The number of rotatable bonds is 2. The number of nitrogen functional groups attached to an aromatic ring is 1. The molecule has 0 radical (unpaired) electrons. The molecule has 3 nitrogen and oxygen atoms in total. The van der Waals surface area contributed by atoms with E-state index in [1.165, 1.54) is 31.4 Å². The third kappa shape index (κ3) is 1.55. The third-order valence-corrected chi connectivity index (χ3v) is 2.86. The van der Waals surface area contributed by atoms with Crippen LogP contribution in [0.4, 0.5) is 5.82 Å². The number of aryl methyl sites for hydroxylation is 1. The third-order valence-electron chi connectivity index (χ3n) is 2.86. The molecule has 1 heterocycles. The first kappa shape index (κ1) is 8.60. The fourth-order valence-electron chi connectivity index (χ4n) is 2.18. The number of nitrogens with zero attached hydrogens (tertiary/aromatic N) is 2. The molecule has 1 aliphatic rings. The molecule has 0 atom stereocenters. The van der Waals surface area contributed by atoms with Gasteiger partial charge in [-0.15, -0.1) is 0 Å². The van der Waals surface area contributed by atoms with Crippen LogP contribution in [0.15, 0.2) is 6.07 Å². The van der Waals surface area contributed by atoms with Gasteiger partial charge in [-0.1, -0.05) is 19.8 Å². The zero-order chi connectivity index (χ0) is 9.26. The molecule has 1 fully saturated rings. The van der Waals surface area contributed by atoms with Crippen molar-refractivity contribution in [2.24, 2.45) is 0 Å². The summed E-state index contributed by atoms with van der Waals surface area (Å²) in [5.74, 6) is 0.670. The quantitative estimate of drug-likeness (QED) is 0.756. The molecule has 0 bridgehead atoms. The van der Waals surface area contributed by atoms with E-state index in [1.807, 2.05) is 6.07 Å². The van der Waals surface area contributed by atoms with Crippen molar-refractivity contribution in [3.63, 3.8) is 0 Å². The molecule has 0 spiro atoms. The molecule has 0 saturated heterocycles. The molecule has 13 heavy (non-hydrogen) atoms. The molecule has 0 aromatic carbocycles. The minimum Gasteiger partial charge on any atom is -0.382 e. The zero-order valence-electron chi connectivity index (χ0n) is 8.16. The molecule has 2 rings (SSSR count). The van der Waals surface area contributed by atoms with E-state index in [0.717, 1.165) is 6.42 Å². The van der Waals surface area contributed by atoms with E-state index in [2.05, 4.69) is 16.7 Å². The molecule has 1 aromatic heterocycles. The van der Waals surface area contributed by atoms with Gasteiger partial charge in [-0.3, -0.25) is 4.68 Å². The van der Waals surface area contributed by atoms with Crippen molar-refractivity contribution in [2.75, 3.05) is 5.73 Å². The van der Waals surface area contributed by atoms with Gasteiger partial charge in [0, 0.05) is 11.8 Å². The Kier molecular flexibility index (Phi) is 2.25. The SMILES string of the molecule is CCc1cc(N)nn1C1CCCC1. The second-order valence-corrected chi connectivity index (χ2v) is 3.80. The van der Waals surface area contributed by atoms with Crippen molar-refractivity contribution in [3.8, 4) is 0 Å². The van der Waals surface area contributed by atoms with E-state index in [9.17, 15) is 0 Å². The predicted octanol–water partition coefficient (Wildman–Crippen LogP) is 2.14. The van der Waals surface area contributed by atoms with Crippen LogP contribution < -0.4 is 5.73 Å². The lowest BCUT2D eigenvalue weighted by Gasteiger charge is -2.12. The first-order valence-electron chi connectivity index (χ1n) is 5.15. The summed E-state index contributed by atoms with van der Waals surface area (Å²) >= 11 is 0. The maximum absolute atomic E-state index is 5.69. The summed E-state index contributed by atoms with van der Waals surface area (Å²) in [6, 6.07) is 2.62. The van der Waals surface area contributed by atoms with E-state index in [0.29, 0.717) is 11.9 Å². The summed E-state index contributed by atoms with van der Waals surface area (Å²) in [4.78, 5) is 0. The Morgan fingerprint density at radius 1 is 1.54 bits per heavy atom. The Bertz CT molecular complexity index is 284. The highest BCUT2D eigenvalue weighted by Crippen LogP contribution is 2.30. The summed E-state index contributed by atoms with van der Waals surface area (Å²) in [5, 5.41) is 4.36. The van der Waals surface area contributed by atoms with E-state index in [-0.39, 0.29) is 0 Å². The Morgan fingerprint density at radius 2 is 2.23 bits per heavy atom. The van der Waals surface area contributed by atoms with Crippen LogP contribution in [0.25, 0.3) is 0 Å². The van der Waals surface area contributed by atoms with E-state index in [4.69, 9.17) is 5.73 Å². The summed E-state index contributed by atoms with van der Waals surface area (Å²) in [6.07, 6.45) is 6.25. The van der Waals surface area contributed by atoms with Gasteiger partial charge in [0.15, 0.2) is 0 Å². The summed E-state index contributed by atoms with van der Waals surface area (Å²) in [7, 11) is 0. The predicted molar refractivity (Wildman–Crippen MR) is 53.5 cm³/mol. The molecular weight excluding hydrogens is 162 g/mol. The maximum atomic E-state index is 5.69. The monoisotopic (exact) mass is 179 g/mol. The molecule has 72 valence electrons. The van der Waals surface area contributed by atoms with Gasteiger partial charge in [0.1, 0.15) is 5.82 Å². The van der Waals surface area contributed by atoms with Gasteiger partial charge in [0.25, 0.3) is 0 Å². The van der Waals surface area contributed by atoms with E-state index in [1.54, 1.807) is 0 Å². The average molecular weight is 179 g/mol. The normalized spacial score (nSPS) is 18.2. The van der Waals surface area contributed by atoms with Crippen LogP contribution in [0.2, 0.25) is 0 Å². The van der Waals surface area contributed by atoms with Crippen molar-refractivity contribution in [3.05, 3.63) is 11.8 Å². The minimum absolute atomic E-state index is 0.618. The minimum atomic E-state index is 0.618. The van der Waals surface area contributed by atoms with Crippen LogP contribution in [-0.4, -0.2) is 9.78 Å². The number of anilines is 1. The second-order valence-electron chi connectivity index (χ2n) is 3.80. The number of hydrogen-bond donors (Lipinski definition) is 1. The topological polar surface area (TPSA) is 43.8 Å². The zero-order valence-corrected chi connectivity index (χ0v) is 8.16. The standard InChI is InChI=1S/C10H17N3/c1-2-8-7-10(11)12-13(8)9-5-3-4-6-9/h7,9H,2-6H2,1H3,(H2,11,12). The Hall–Kier alpha value is -0.990. The lowest BCUT2D eigenvalue weighted by atomic mass is 10.2. The molecule has 2 N–H and O–H groups in total. The first-order valence-corrected chi connectivity index (χ1v) is 5.15. The van der Waals surface area contributed by atoms with Gasteiger partial charge < -0.3 is 5.73 Å². The Balaban J connectivity index is 2.26. The number of aromatic nitrogens is 2. The van der Waals surface area contributed by atoms with Crippen LogP contribution in [-0.2, 0) is 6.42 Å². The van der Waals surface area contributed by atoms with Crippen LogP contribution in [0.5, 0.6) is 0 Å². The van der Waals surface area contributed by atoms with Gasteiger partial charge in [-0.2, -0.15) is 5.10 Å². The Labute approximate surface area is 78.9 Å². The number of nitrogens with two attached hydrogens (primary N) is 1. The van der Waals surface area contributed by atoms with Gasteiger partial charge in [0.2, 0.25) is 0 Å². The van der Waals surface area contributed by atoms with Crippen molar-refractivity contribution >= 4 is 5.82 Å². The fourth-order valence-corrected chi connectivity index (χ4v) is 2.18. The molecule has 3 heteroatoms. The highest BCUT2D eigenvalue weighted by Gasteiger charge is 2.19. The van der Waals surface area contributed by atoms with Crippen LogP contribution >= 0.6 is 0 Å². The summed E-state index contributed by atoms with van der Waals surface area (Å²) in [5.41, 5.74) is 6.97. The molecular formula is C10H17N3. The average Bonchev–Trinajstić information content (AvgIpc) is 2.71. The summed E-state index contributed by atoms with van der Waals surface area (Å²) < 4.78 is 2.14. The van der Waals surface area contributed by atoms with Crippen LogP contribution in [0, 0.1) is 0 Å². The van der Waals surface area contributed by atoms with Crippen molar-refractivity contribution in [1.29, 1.82) is 0 Å². The first-order chi connectivity index (χ1) is 6.31. The molecule has 0 unspecified atom stereocenters. The van der Waals surface area contributed by atoms with Crippen molar-refractivity contribution < 1.29 is 0 Å². The maximum Gasteiger partial charge on any atom is 0.145 e. The lowest BCUT2D eigenvalue weighted by Crippen LogP contribution is -2.10. The van der Waals surface area contributed by atoms with Crippen molar-refractivity contribution in [1.82, 2.24) is 9.78 Å². The van der Waals surface area contributed by atoms with Crippen molar-refractivity contribution in [2.45, 2.75) is 45.1 Å². The molecule has 1 saturated carbocycles. The number of hydrogen-bond acceptors (Lipinski definition) is 2. The highest BCUT2D eigenvalue weighted by molar-refractivity contribution is 5.29. The van der Waals surface area contributed by atoms with Crippen LogP contribution in [0.1, 0.15) is 44.3 Å². The van der Waals surface area contributed by atoms with Gasteiger partial charge in [0.05, 0.1) is 6.04 Å². The second kappa shape index (κ2) is 3.40. The highest BCUT2D eigenvalue weighted by atomic mass is 15.3. The fraction of sp³-hybridized carbons (Fsp3) is 0.700. The smallest absolute Gasteiger partial charge is 0.145 e. The molecule has 0 amide bonds. The Morgan fingerprint density at radius 3 is 2.85 bits per heavy atom.